The Balaban J connectivity index is 1.90. The molecule has 0 amide bonds. The van der Waals surface area contributed by atoms with E-state index < -0.39 is 0 Å². The predicted octanol–water partition coefficient (Wildman–Crippen LogP) is 2.88. The molecule has 1 aromatic heterocycles. The quantitative estimate of drug-likeness (QED) is 0.800. The largest absolute Gasteiger partial charge is 0.335 e. The molecular formula is C14H25N3. The molecule has 1 atom stereocenters. The van der Waals surface area contributed by atoms with Crippen molar-refractivity contribution in [1.29, 1.82) is 0 Å². The maximum Gasteiger partial charge on any atom is 0.111 e. The van der Waals surface area contributed by atoms with E-state index in [1.165, 1.54) is 38.1 Å². The molecule has 0 bridgehead atoms. The molecule has 1 aromatic rings. The van der Waals surface area contributed by atoms with Crippen LogP contribution in [0.15, 0.2) is 12.4 Å². The van der Waals surface area contributed by atoms with Crippen molar-refractivity contribution in [3.8, 4) is 0 Å². The molecule has 3 heteroatoms. The van der Waals surface area contributed by atoms with Crippen molar-refractivity contribution in [3.05, 3.63) is 18.2 Å². The van der Waals surface area contributed by atoms with Gasteiger partial charge >= 0.3 is 0 Å². The number of hydrogen-bond donors (Lipinski definition) is 0. The lowest BCUT2D eigenvalue weighted by molar-refractivity contribution is 0.170. The van der Waals surface area contributed by atoms with Crippen molar-refractivity contribution in [2.45, 2.75) is 58.0 Å². The second-order valence-corrected chi connectivity index (χ2v) is 5.55. The van der Waals surface area contributed by atoms with E-state index in [9.17, 15) is 0 Å². The van der Waals surface area contributed by atoms with E-state index in [0.29, 0.717) is 5.92 Å². The summed E-state index contributed by atoms with van der Waals surface area (Å²) in [6, 6.07) is 0.770. The van der Waals surface area contributed by atoms with E-state index in [2.05, 4.69) is 41.5 Å². The van der Waals surface area contributed by atoms with Crippen molar-refractivity contribution in [1.82, 2.24) is 14.5 Å². The average Bonchev–Trinajstić information content (AvgIpc) is 2.76. The van der Waals surface area contributed by atoms with Crippen LogP contribution in [0.2, 0.25) is 0 Å². The number of likely N-dealkylation sites (tertiary alicyclic amines) is 1. The second kappa shape index (κ2) is 5.67. The summed E-state index contributed by atoms with van der Waals surface area (Å²) in [6.07, 6.45) is 9.44. The minimum atomic E-state index is 0.522. The molecule has 0 saturated carbocycles. The van der Waals surface area contributed by atoms with Gasteiger partial charge in [-0.25, -0.2) is 4.98 Å². The Kier molecular flexibility index (Phi) is 4.21. The number of imidazole rings is 1. The molecule has 1 aliphatic heterocycles. The Hall–Kier alpha value is -0.830. The van der Waals surface area contributed by atoms with Crippen molar-refractivity contribution in [2.24, 2.45) is 0 Å². The fourth-order valence-electron chi connectivity index (χ4n) is 2.81. The zero-order valence-corrected chi connectivity index (χ0v) is 11.4. The van der Waals surface area contributed by atoms with Crippen LogP contribution in [0.25, 0.3) is 0 Å². The Labute approximate surface area is 105 Å². The van der Waals surface area contributed by atoms with Gasteiger partial charge in [0.05, 0.1) is 0 Å². The van der Waals surface area contributed by atoms with Crippen LogP contribution in [0.1, 0.15) is 51.3 Å². The molecule has 2 rings (SSSR count). The van der Waals surface area contributed by atoms with Gasteiger partial charge < -0.3 is 9.47 Å². The molecule has 0 N–H and O–H groups in total. The summed E-state index contributed by atoms with van der Waals surface area (Å²) in [5.41, 5.74) is 0. The molecule has 17 heavy (non-hydrogen) atoms. The molecule has 0 radical (unpaired) electrons. The minimum absolute atomic E-state index is 0.522. The number of rotatable bonds is 4. The first-order chi connectivity index (χ1) is 8.18. The zero-order valence-electron chi connectivity index (χ0n) is 11.4. The minimum Gasteiger partial charge on any atom is -0.335 e. The predicted molar refractivity (Wildman–Crippen MR) is 71.2 cm³/mol. The molecule has 0 aromatic carbocycles. The highest BCUT2D eigenvalue weighted by Gasteiger charge is 2.19. The first-order valence-corrected chi connectivity index (χ1v) is 6.89. The highest BCUT2D eigenvalue weighted by Crippen LogP contribution is 2.19. The third-order valence-electron chi connectivity index (χ3n) is 3.89. The topological polar surface area (TPSA) is 21.1 Å². The van der Waals surface area contributed by atoms with E-state index in [4.69, 9.17) is 0 Å². The molecule has 2 heterocycles. The Morgan fingerprint density at radius 3 is 2.94 bits per heavy atom. The van der Waals surface area contributed by atoms with E-state index in [-0.39, 0.29) is 0 Å². The number of piperidine rings is 1. The van der Waals surface area contributed by atoms with E-state index in [0.717, 1.165) is 12.6 Å². The van der Waals surface area contributed by atoms with Gasteiger partial charge in [0.2, 0.25) is 0 Å². The Morgan fingerprint density at radius 2 is 2.24 bits per heavy atom. The highest BCUT2D eigenvalue weighted by molar-refractivity contribution is 4.97. The maximum absolute atomic E-state index is 4.45. The molecule has 96 valence electrons. The maximum atomic E-state index is 4.45. The lowest BCUT2D eigenvalue weighted by Crippen LogP contribution is -2.36. The van der Waals surface area contributed by atoms with Gasteiger partial charge in [0.15, 0.2) is 0 Å². The van der Waals surface area contributed by atoms with Gasteiger partial charge in [-0.2, -0.15) is 0 Å². The third kappa shape index (κ3) is 3.09. The van der Waals surface area contributed by atoms with Crippen LogP contribution in [0.3, 0.4) is 0 Å². The summed E-state index contributed by atoms with van der Waals surface area (Å²) < 4.78 is 2.33. The summed E-state index contributed by atoms with van der Waals surface area (Å²) in [5, 5.41) is 0. The molecule has 1 unspecified atom stereocenters. The monoisotopic (exact) mass is 235 g/mol. The van der Waals surface area contributed by atoms with Gasteiger partial charge in [-0.15, -0.1) is 0 Å². The fourth-order valence-corrected chi connectivity index (χ4v) is 2.81. The summed E-state index contributed by atoms with van der Waals surface area (Å²) in [4.78, 5) is 6.97. The van der Waals surface area contributed by atoms with Crippen molar-refractivity contribution < 1.29 is 0 Å². The van der Waals surface area contributed by atoms with Gasteiger partial charge in [-0.3, -0.25) is 0 Å². The number of aromatic nitrogens is 2. The first-order valence-electron chi connectivity index (χ1n) is 6.89. The summed E-state index contributed by atoms with van der Waals surface area (Å²) in [5.74, 6) is 1.75. The summed E-state index contributed by atoms with van der Waals surface area (Å²) >= 11 is 0. The molecule has 0 aliphatic carbocycles. The number of nitrogens with zero attached hydrogens (tertiary/aromatic N) is 3. The van der Waals surface area contributed by atoms with Crippen molar-refractivity contribution >= 4 is 0 Å². The van der Waals surface area contributed by atoms with Gasteiger partial charge in [0, 0.05) is 30.9 Å². The van der Waals surface area contributed by atoms with E-state index >= 15 is 0 Å². The molecule has 0 spiro atoms. The normalized spacial score (nSPS) is 22.2. The van der Waals surface area contributed by atoms with Crippen LogP contribution < -0.4 is 0 Å². The molecule has 3 nitrogen and oxygen atoms in total. The lowest BCUT2D eigenvalue weighted by atomic mass is 10.00. The first kappa shape index (κ1) is 12.6. The van der Waals surface area contributed by atoms with Crippen molar-refractivity contribution in [2.75, 3.05) is 13.6 Å². The van der Waals surface area contributed by atoms with Crippen LogP contribution in [-0.4, -0.2) is 34.1 Å². The van der Waals surface area contributed by atoms with Crippen LogP contribution in [0.4, 0.5) is 0 Å². The van der Waals surface area contributed by atoms with E-state index in [1.54, 1.807) is 0 Å². The molecule has 1 fully saturated rings. The Bertz CT molecular complexity index is 343. The van der Waals surface area contributed by atoms with Gasteiger partial charge in [0.1, 0.15) is 5.82 Å². The zero-order chi connectivity index (χ0) is 12.3. The number of hydrogen-bond acceptors (Lipinski definition) is 2. The molecule has 1 aliphatic rings. The summed E-state index contributed by atoms with van der Waals surface area (Å²) in [7, 11) is 2.26. The summed E-state index contributed by atoms with van der Waals surface area (Å²) in [6.45, 7) is 6.81. The molecular weight excluding hydrogens is 210 g/mol. The lowest BCUT2D eigenvalue weighted by Gasteiger charge is -2.32. The van der Waals surface area contributed by atoms with Crippen LogP contribution in [0.5, 0.6) is 0 Å². The van der Waals surface area contributed by atoms with Crippen LogP contribution in [0, 0.1) is 0 Å². The smallest absolute Gasteiger partial charge is 0.111 e. The van der Waals surface area contributed by atoms with Gasteiger partial charge in [-0.05, 0) is 32.9 Å². The fraction of sp³-hybridized carbons (Fsp3) is 0.786. The van der Waals surface area contributed by atoms with Gasteiger partial charge in [-0.1, -0.05) is 20.3 Å². The van der Waals surface area contributed by atoms with Crippen molar-refractivity contribution in [3.63, 3.8) is 0 Å². The van der Waals surface area contributed by atoms with E-state index in [1.807, 2.05) is 6.20 Å². The SMILES string of the molecule is CC(C)c1nccn1CCC1CCCCN1C. The average molecular weight is 235 g/mol. The highest BCUT2D eigenvalue weighted by atomic mass is 15.1. The number of aryl methyl sites for hydroxylation is 1. The molecule has 1 saturated heterocycles. The van der Waals surface area contributed by atoms with Crippen LogP contribution in [-0.2, 0) is 6.54 Å². The van der Waals surface area contributed by atoms with Crippen LogP contribution >= 0.6 is 0 Å². The standard InChI is InChI=1S/C14H25N3/c1-12(2)14-15-8-11-17(14)10-7-13-6-4-5-9-16(13)3/h8,11-13H,4-7,9-10H2,1-3H3. The third-order valence-corrected chi connectivity index (χ3v) is 3.89. The van der Waals surface area contributed by atoms with Gasteiger partial charge in [0.25, 0.3) is 0 Å². The Morgan fingerprint density at radius 1 is 1.41 bits per heavy atom. The second-order valence-electron chi connectivity index (χ2n) is 5.55.